The largest absolute Gasteiger partial charge is 0.475 e. The molecule has 1 aliphatic heterocycles. The van der Waals surface area contributed by atoms with Crippen molar-refractivity contribution in [2.75, 3.05) is 19.6 Å². The average Bonchev–Trinajstić information content (AvgIpc) is 3.28. The molecule has 0 radical (unpaired) electrons. The van der Waals surface area contributed by atoms with E-state index in [2.05, 4.69) is 33.4 Å². The highest BCUT2D eigenvalue weighted by molar-refractivity contribution is 5.80. The van der Waals surface area contributed by atoms with Gasteiger partial charge >= 0.3 is 0 Å². The predicted octanol–water partition coefficient (Wildman–Crippen LogP) is 2.56. The number of likely N-dealkylation sites (tertiary alicyclic amines) is 1. The Balaban J connectivity index is 1.63. The van der Waals surface area contributed by atoms with Gasteiger partial charge in [0.15, 0.2) is 5.96 Å². The number of pyridine rings is 1. The van der Waals surface area contributed by atoms with Gasteiger partial charge in [-0.05, 0) is 38.3 Å². The third-order valence-corrected chi connectivity index (χ3v) is 4.58. The Hall–Kier alpha value is -2.57. The molecule has 2 aromatic heterocycles. The second kappa shape index (κ2) is 8.88. The minimum atomic E-state index is 0.129. The summed E-state index contributed by atoms with van der Waals surface area (Å²) < 4.78 is 7.47. The molecule has 0 saturated carbocycles. The summed E-state index contributed by atoms with van der Waals surface area (Å²) in [5, 5.41) is 7.72. The summed E-state index contributed by atoms with van der Waals surface area (Å²) in [6.07, 6.45) is 7.19. The molecule has 0 amide bonds. The number of rotatable bonds is 6. The van der Waals surface area contributed by atoms with Crippen LogP contribution < -0.4 is 10.1 Å². The fraction of sp³-hybridized carbons (Fsp3) is 0.550. The number of aryl methyl sites for hydroxylation is 1. The highest BCUT2D eigenvalue weighted by Crippen LogP contribution is 2.26. The molecule has 1 saturated heterocycles. The quantitative estimate of drug-likeness (QED) is 0.625. The van der Waals surface area contributed by atoms with Crippen molar-refractivity contribution in [1.29, 1.82) is 0 Å². The summed E-state index contributed by atoms with van der Waals surface area (Å²) in [5.41, 5.74) is 2.38. The van der Waals surface area contributed by atoms with Gasteiger partial charge in [-0.2, -0.15) is 5.10 Å². The number of ether oxygens (including phenoxy) is 1. The summed E-state index contributed by atoms with van der Waals surface area (Å²) in [6, 6.07) is 3.94. The lowest BCUT2D eigenvalue weighted by molar-refractivity contribution is 0.232. The van der Waals surface area contributed by atoms with Crippen molar-refractivity contribution < 1.29 is 4.74 Å². The predicted molar refractivity (Wildman–Crippen MR) is 107 cm³/mol. The summed E-state index contributed by atoms with van der Waals surface area (Å²) in [6.45, 7) is 9.53. The number of guanidine groups is 1. The first kappa shape index (κ1) is 19.2. The van der Waals surface area contributed by atoms with Gasteiger partial charge in [-0.25, -0.2) is 9.98 Å². The molecule has 3 heterocycles. The van der Waals surface area contributed by atoms with Crippen LogP contribution in [0, 0.1) is 0 Å². The van der Waals surface area contributed by atoms with Crippen LogP contribution in [0.1, 0.15) is 44.2 Å². The van der Waals surface area contributed by atoms with Gasteiger partial charge in [0.25, 0.3) is 0 Å². The summed E-state index contributed by atoms with van der Waals surface area (Å²) in [4.78, 5) is 11.5. The molecule has 1 fully saturated rings. The second-order valence-electron chi connectivity index (χ2n) is 7.22. The molecule has 1 N–H and O–H groups in total. The zero-order chi connectivity index (χ0) is 19.2. The molecule has 1 atom stereocenters. The highest BCUT2D eigenvalue weighted by Gasteiger charge is 2.26. The molecule has 146 valence electrons. The van der Waals surface area contributed by atoms with E-state index < -0.39 is 0 Å². The van der Waals surface area contributed by atoms with Crippen molar-refractivity contribution in [2.24, 2.45) is 12.0 Å². The molecule has 3 rings (SSSR count). The van der Waals surface area contributed by atoms with Crippen LogP contribution in [0.25, 0.3) is 0 Å². The van der Waals surface area contributed by atoms with Crippen LogP contribution in [-0.4, -0.2) is 51.4 Å². The third kappa shape index (κ3) is 5.21. The van der Waals surface area contributed by atoms with Gasteiger partial charge < -0.3 is 15.0 Å². The summed E-state index contributed by atoms with van der Waals surface area (Å²) in [7, 11) is 1.97. The third-order valence-electron chi connectivity index (χ3n) is 4.58. The van der Waals surface area contributed by atoms with E-state index in [0.29, 0.717) is 18.3 Å². The van der Waals surface area contributed by atoms with Gasteiger partial charge in [0.2, 0.25) is 5.88 Å². The number of hydrogen-bond donors (Lipinski definition) is 1. The SMILES string of the molecule is CCNC(=NCc1ccc(OC(C)C)nc1)N1CCC(c2cnn(C)c2)C1. The first-order valence-electron chi connectivity index (χ1n) is 9.68. The molecule has 0 aromatic carbocycles. The van der Waals surface area contributed by atoms with Crippen molar-refractivity contribution in [1.82, 2.24) is 25.0 Å². The lowest BCUT2D eigenvalue weighted by atomic mass is 10.0. The van der Waals surface area contributed by atoms with E-state index in [9.17, 15) is 0 Å². The van der Waals surface area contributed by atoms with Crippen LogP contribution in [0.5, 0.6) is 5.88 Å². The molecular formula is C20H30N6O. The molecule has 2 aromatic rings. The molecule has 0 bridgehead atoms. The van der Waals surface area contributed by atoms with Crippen molar-refractivity contribution in [2.45, 2.75) is 45.8 Å². The number of hydrogen-bond acceptors (Lipinski definition) is 4. The topological polar surface area (TPSA) is 67.6 Å². The van der Waals surface area contributed by atoms with Crippen molar-refractivity contribution >= 4 is 5.96 Å². The Bertz CT molecular complexity index is 752. The molecule has 0 spiro atoms. The van der Waals surface area contributed by atoms with Gasteiger partial charge in [-0.1, -0.05) is 6.07 Å². The molecule has 27 heavy (non-hydrogen) atoms. The molecule has 0 aliphatic carbocycles. The second-order valence-corrected chi connectivity index (χ2v) is 7.22. The normalized spacial score (nSPS) is 17.6. The Labute approximate surface area is 161 Å². The van der Waals surface area contributed by atoms with Gasteiger partial charge in [0.05, 0.1) is 18.8 Å². The van der Waals surface area contributed by atoms with Gasteiger partial charge in [-0.3, -0.25) is 4.68 Å². The zero-order valence-electron chi connectivity index (χ0n) is 16.7. The van der Waals surface area contributed by atoms with E-state index in [0.717, 1.165) is 37.6 Å². The van der Waals surface area contributed by atoms with E-state index in [1.54, 1.807) is 0 Å². The fourth-order valence-corrected chi connectivity index (χ4v) is 3.28. The molecule has 1 aliphatic rings. The van der Waals surface area contributed by atoms with E-state index in [1.165, 1.54) is 5.56 Å². The Morgan fingerprint density at radius 3 is 2.85 bits per heavy atom. The average molecular weight is 371 g/mol. The maximum absolute atomic E-state index is 5.60. The van der Waals surface area contributed by atoms with Crippen LogP contribution in [-0.2, 0) is 13.6 Å². The zero-order valence-corrected chi connectivity index (χ0v) is 16.7. The summed E-state index contributed by atoms with van der Waals surface area (Å²) >= 11 is 0. The number of nitrogens with one attached hydrogen (secondary N) is 1. The number of aromatic nitrogens is 3. The number of nitrogens with zero attached hydrogens (tertiary/aromatic N) is 5. The van der Waals surface area contributed by atoms with E-state index in [1.807, 2.05) is 50.1 Å². The van der Waals surface area contributed by atoms with Gasteiger partial charge in [0.1, 0.15) is 0 Å². The number of aliphatic imine (C=N–C) groups is 1. The molecule has 7 nitrogen and oxygen atoms in total. The minimum absolute atomic E-state index is 0.129. The van der Waals surface area contributed by atoms with E-state index in [-0.39, 0.29) is 6.10 Å². The molecular weight excluding hydrogens is 340 g/mol. The van der Waals surface area contributed by atoms with Crippen LogP contribution in [0.3, 0.4) is 0 Å². The Morgan fingerprint density at radius 2 is 2.22 bits per heavy atom. The Morgan fingerprint density at radius 1 is 1.37 bits per heavy atom. The minimum Gasteiger partial charge on any atom is -0.475 e. The summed E-state index contributed by atoms with van der Waals surface area (Å²) in [5.74, 6) is 2.13. The first-order chi connectivity index (χ1) is 13.0. The van der Waals surface area contributed by atoms with Crippen LogP contribution in [0.4, 0.5) is 0 Å². The molecule has 1 unspecified atom stereocenters. The van der Waals surface area contributed by atoms with Gasteiger partial charge in [0, 0.05) is 51.1 Å². The standard InChI is InChI=1S/C20H30N6O/c1-5-21-20(23-11-16-6-7-19(22-10-16)27-15(2)3)26-9-8-17(14-26)18-12-24-25(4)13-18/h6-7,10,12-13,15,17H,5,8-9,11,14H2,1-4H3,(H,21,23). The Kier molecular flexibility index (Phi) is 6.32. The van der Waals surface area contributed by atoms with Crippen molar-refractivity contribution in [3.05, 3.63) is 41.9 Å². The lowest BCUT2D eigenvalue weighted by Gasteiger charge is -2.21. The van der Waals surface area contributed by atoms with Gasteiger partial charge in [-0.15, -0.1) is 0 Å². The lowest BCUT2D eigenvalue weighted by Crippen LogP contribution is -2.40. The fourth-order valence-electron chi connectivity index (χ4n) is 3.28. The maximum atomic E-state index is 5.60. The van der Waals surface area contributed by atoms with Crippen molar-refractivity contribution in [3.8, 4) is 5.88 Å². The van der Waals surface area contributed by atoms with Crippen molar-refractivity contribution in [3.63, 3.8) is 0 Å². The van der Waals surface area contributed by atoms with E-state index >= 15 is 0 Å². The highest BCUT2D eigenvalue weighted by atomic mass is 16.5. The smallest absolute Gasteiger partial charge is 0.213 e. The monoisotopic (exact) mass is 370 g/mol. The maximum Gasteiger partial charge on any atom is 0.213 e. The molecule has 7 heteroatoms. The van der Waals surface area contributed by atoms with Crippen LogP contribution >= 0.6 is 0 Å². The van der Waals surface area contributed by atoms with E-state index in [4.69, 9.17) is 9.73 Å². The van der Waals surface area contributed by atoms with Crippen LogP contribution in [0.2, 0.25) is 0 Å². The first-order valence-corrected chi connectivity index (χ1v) is 9.68. The van der Waals surface area contributed by atoms with Crippen LogP contribution in [0.15, 0.2) is 35.7 Å².